The average Bonchev–Trinajstić information content (AvgIpc) is 3.45. The van der Waals surface area contributed by atoms with Gasteiger partial charge in [0.25, 0.3) is 0 Å². The fraction of sp³-hybridized carbons (Fsp3) is 0.192. The highest BCUT2D eigenvalue weighted by Gasteiger charge is 2.14. The van der Waals surface area contributed by atoms with E-state index in [-0.39, 0.29) is 6.03 Å². The van der Waals surface area contributed by atoms with Crippen LogP contribution in [0.2, 0.25) is 0 Å². The Hall–Kier alpha value is -3.77. The predicted molar refractivity (Wildman–Crippen MR) is 126 cm³/mol. The van der Waals surface area contributed by atoms with Crippen molar-refractivity contribution >= 4 is 28.4 Å². The van der Waals surface area contributed by atoms with Gasteiger partial charge in [-0.15, -0.1) is 0 Å². The summed E-state index contributed by atoms with van der Waals surface area (Å²) in [5.41, 5.74) is 2.23. The number of likely N-dealkylation sites (tertiary alicyclic amines) is 1. The number of benzene rings is 3. The smallest absolute Gasteiger partial charge is 0.323 e. The van der Waals surface area contributed by atoms with Crippen LogP contribution in [0.1, 0.15) is 18.6 Å². The fourth-order valence-corrected chi connectivity index (χ4v) is 3.94. The number of anilines is 2. The third-order valence-electron chi connectivity index (χ3n) is 5.49. The molecule has 6 nitrogen and oxygen atoms in total. The number of fused-ring (bicyclic) bond motifs is 1. The van der Waals surface area contributed by atoms with Gasteiger partial charge in [0, 0.05) is 16.8 Å². The van der Waals surface area contributed by atoms with E-state index in [0.29, 0.717) is 17.1 Å². The summed E-state index contributed by atoms with van der Waals surface area (Å²) >= 11 is 0. The first kappa shape index (κ1) is 20.2. The average molecular weight is 428 g/mol. The van der Waals surface area contributed by atoms with Gasteiger partial charge in [-0.2, -0.15) is 0 Å². The summed E-state index contributed by atoms with van der Waals surface area (Å²) in [5.74, 6) is 2.43. The van der Waals surface area contributed by atoms with Crippen LogP contribution in [0.15, 0.2) is 83.3 Å². The quantitative estimate of drug-likeness (QED) is 0.370. The Morgan fingerprint density at radius 2 is 1.53 bits per heavy atom. The molecule has 0 aliphatic carbocycles. The zero-order valence-electron chi connectivity index (χ0n) is 17.7. The number of ether oxygens (including phenoxy) is 1. The monoisotopic (exact) mass is 427 g/mol. The van der Waals surface area contributed by atoms with Crippen LogP contribution < -0.4 is 15.4 Å². The van der Waals surface area contributed by atoms with Crippen molar-refractivity contribution in [3.8, 4) is 11.5 Å². The van der Waals surface area contributed by atoms with Crippen molar-refractivity contribution in [2.45, 2.75) is 19.4 Å². The van der Waals surface area contributed by atoms with Gasteiger partial charge >= 0.3 is 6.03 Å². The number of hydrogen-bond donors (Lipinski definition) is 2. The number of amides is 2. The highest BCUT2D eigenvalue weighted by molar-refractivity contribution is 6.00. The normalized spacial score (nSPS) is 13.9. The first-order valence-corrected chi connectivity index (χ1v) is 10.9. The van der Waals surface area contributed by atoms with Crippen LogP contribution in [0.4, 0.5) is 16.2 Å². The molecule has 4 aromatic rings. The van der Waals surface area contributed by atoms with Crippen LogP contribution in [0.3, 0.4) is 0 Å². The molecule has 0 bridgehead atoms. The first-order chi connectivity index (χ1) is 15.7. The second-order valence-corrected chi connectivity index (χ2v) is 7.97. The van der Waals surface area contributed by atoms with E-state index in [1.54, 1.807) is 0 Å². The number of furan rings is 1. The van der Waals surface area contributed by atoms with Crippen LogP contribution in [-0.2, 0) is 6.54 Å². The lowest BCUT2D eigenvalue weighted by molar-refractivity contribution is 0.262. The first-order valence-electron chi connectivity index (χ1n) is 10.9. The third-order valence-corrected chi connectivity index (χ3v) is 5.49. The minimum Gasteiger partial charge on any atom is -0.460 e. The summed E-state index contributed by atoms with van der Waals surface area (Å²) in [5, 5.41) is 6.72. The van der Waals surface area contributed by atoms with Crippen molar-refractivity contribution in [2.75, 3.05) is 23.7 Å². The summed E-state index contributed by atoms with van der Waals surface area (Å²) in [7, 11) is 0. The minimum atomic E-state index is -0.304. The van der Waals surface area contributed by atoms with Gasteiger partial charge in [-0.25, -0.2) is 4.79 Å². The molecule has 1 fully saturated rings. The summed E-state index contributed by atoms with van der Waals surface area (Å²) in [6, 6.07) is 24.3. The van der Waals surface area contributed by atoms with Gasteiger partial charge in [0.15, 0.2) is 0 Å². The molecular weight excluding hydrogens is 402 g/mol. The molecule has 32 heavy (non-hydrogen) atoms. The molecule has 1 aromatic heterocycles. The van der Waals surface area contributed by atoms with Crippen molar-refractivity contribution in [2.24, 2.45) is 0 Å². The van der Waals surface area contributed by atoms with Crippen molar-refractivity contribution in [3.05, 3.63) is 84.6 Å². The standard InChI is InChI=1S/C26H25N3O3/c30-26(27-20-8-11-23(12-9-20)31-22-6-2-1-3-7-22)28-21-10-13-25-19(16-21)17-24(32-25)18-29-14-4-5-15-29/h1-3,6-13,16-17H,4-5,14-15,18H2,(H2,27,28,30). The number of para-hydroxylation sites is 1. The van der Waals surface area contributed by atoms with E-state index in [0.717, 1.165) is 42.1 Å². The van der Waals surface area contributed by atoms with Gasteiger partial charge in [0.1, 0.15) is 22.8 Å². The minimum absolute atomic E-state index is 0.304. The lowest BCUT2D eigenvalue weighted by Crippen LogP contribution is -2.19. The van der Waals surface area contributed by atoms with E-state index in [4.69, 9.17) is 9.15 Å². The Labute approximate surface area is 186 Å². The van der Waals surface area contributed by atoms with Gasteiger partial charge in [0.05, 0.1) is 6.54 Å². The lowest BCUT2D eigenvalue weighted by atomic mass is 10.2. The Morgan fingerprint density at radius 1 is 0.844 bits per heavy atom. The van der Waals surface area contributed by atoms with Crippen molar-refractivity contribution in [3.63, 3.8) is 0 Å². The molecule has 0 saturated carbocycles. The highest BCUT2D eigenvalue weighted by Crippen LogP contribution is 2.26. The van der Waals surface area contributed by atoms with Crippen LogP contribution in [0, 0.1) is 0 Å². The van der Waals surface area contributed by atoms with Crippen molar-refractivity contribution in [1.29, 1.82) is 0 Å². The summed E-state index contributed by atoms with van der Waals surface area (Å²) in [4.78, 5) is 14.8. The van der Waals surface area contributed by atoms with Gasteiger partial charge in [-0.3, -0.25) is 4.90 Å². The molecule has 2 amide bonds. The molecule has 0 atom stereocenters. The number of nitrogens with one attached hydrogen (secondary N) is 2. The van der Waals surface area contributed by atoms with E-state index in [2.05, 4.69) is 21.6 Å². The van der Waals surface area contributed by atoms with Gasteiger partial charge < -0.3 is 19.8 Å². The number of nitrogens with zero attached hydrogens (tertiary/aromatic N) is 1. The molecule has 1 aliphatic heterocycles. The van der Waals surface area contributed by atoms with E-state index in [1.807, 2.05) is 72.8 Å². The maximum Gasteiger partial charge on any atom is 0.323 e. The van der Waals surface area contributed by atoms with Crippen LogP contribution in [-0.4, -0.2) is 24.0 Å². The van der Waals surface area contributed by atoms with E-state index in [9.17, 15) is 4.79 Å². The Kier molecular flexibility index (Phi) is 5.77. The number of carbonyl (C=O) groups excluding carboxylic acids is 1. The molecule has 0 radical (unpaired) electrons. The Balaban J connectivity index is 1.19. The summed E-state index contributed by atoms with van der Waals surface area (Å²) < 4.78 is 11.7. The molecule has 162 valence electrons. The van der Waals surface area contributed by atoms with E-state index in [1.165, 1.54) is 12.8 Å². The number of urea groups is 1. The summed E-state index contributed by atoms with van der Waals surface area (Å²) in [6.07, 6.45) is 2.51. The van der Waals surface area contributed by atoms with Crippen molar-refractivity contribution < 1.29 is 13.9 Å². The zero-order chi connectivity index (χ0) is 21.8. The molecule has 0 spiro atoms. The maximum atomic E-state index is 12.4. The number of carbonyl (C=O) groups is 1. The van der Waals surface area contributed by atoms with Crippen LogP contribution in [0.25, 0.3) is 11.0 Å². The van der Waals surface area contributed by atoms with Crippen LogP contribution in [0.5, 0.6) is 11.5 Å². The molecule has 2 N–H and O–H groups in total. The fourth-order valence-electron chi connectivity index (χ4n) is 3.94. The van der Waals surface area contributed by atoms with E-state index >= 15 is 0 Å². The molecule has 2 heterocycles. The summed E-state index contributed by atoms with van der Waals surface area (Å²) in [6.45, 7) is 3.09. The Morgan fingerprint density at radius 3 is 2.31 bits per heavy atom. The molecule has 1 saturated heterocycles. The second-order valence-electron chi connectivity index (χ2n) is 7.97. The molecule has 1 aliphatic rings. The SMILES string of the molecule is O=C(Nc1ccc(Oc2ccccc2)cc1)Nc1ccc2oc(CN3CCCC3)cc2c1. The van der Waals surface area contributed by atoms with Gasteiger partial charge in [-0.05, 0) is 86.6 Å². The lowest BCUT2D eigenvalue weighted by Gasteiger charge is -2.11. The number of rotatable bonds is 6. The highest BCUT2D eigenvalue weighted by atomic mass is 16.5. The van der Waals surface area contributed by atoms with Gasteiger partial charge in [-0.1, -0.05) is 18.2 Å². The molecule has 0 unspecified atom stereocenters. The van der Waals surface area contributed by atoms with Crippen molar-refractivity contribution in [1.82, 2.24) is 4.90 Å². The predicted octanol–water partition coefficient (Wildman–Crippen LogP) is 6.46. The molecule has 6 heteroatoms. The molecular formula is C26H25N3O3. The topological polar surface area (TPSA) is 66.7 Å². The zero-order valence-corrected chi connectivity index (χ0v) is 17.7. The third kappa shape index (κ3) is 4.92. The molecule has 5 rings (SSSR count). The van der Waals surface area contributed by atoms with Gasteiger partial charge in [0.2, 0.25) is 0 Å². The molecule has 3 aromatic carbocycles. The largest absolute Gasteiger partial charge is 0.460 e. The second kappa shape index (κ2) is 9.16. The number of hydrogen-bond acceptors (Lipinski definition) is 4. The van der Waals surface area contributed by atoms with E-state index < -0.39 is 0 Å². The maximum absolute atomic E-state index is 12.4. The van der Waals surface area contributed by atoms with Crippen LogP contribution >= 0.6 is 0 Å². The Bertz CT molecular complexity index is 1200.